The number of rotatable bonds is 2. The molecule has 0 saturated heterocycles. The Hall–Kier alpha value is -1.18. The molecule has 0 amide bonds. The van der Waals surface area contributed by atoms with Gasteiger partial charge in [0.15, 0.2) is 0 Å². The van der Waals surface area contributed by atoms with Crippen LogP contribution in [-0.4, -0.2) is 23.9 Å². The lowest BCUT2D eigenvalue weighted by Crippen LogP contribution is -2.04. The van der Waals surface area contributed by atoms with Gasteiger partial charge in [0.25, 0.3) is 0 Å². The zero-order valence-electron chi connectivity index (χ0n) is 10.2. The van der Waals surface area contributed by atoms with Crippen molar-refractivity contribution in [1.29, 1.82) is 0 Å². The number of hydrogen-bond acceptors (Lipinski definition) is 4. The number of pyridine rings is 1. The molecule has 5 nitrogen and oxygen atoms in total. The van der Waals surface area contributed by atoms with Crippen LogP contribution >= 0.6 is 10.7 Å². The molecule has 1 aromatic heterocycles. The van der Waals surface area contributed by atoms with Gasteiger partial charge in [0, 0.05) is 22.3 Å². The number of fused-ring (bicyclic) bond motifs is 1. The van der Waals surface area contributed by atoms with E-state index < -0.39 is 19.0 Å². The van der Waals surface area contributed by atoms with E-state index in [9.17, 15) is 12.6 Å². The molecule has 19 heavy (non-hydrogen) atoms. The summed E-state index contributed by atoms with van der Waals surface area (Å²) in [6.45, 7) is 1.83. The summed E-state index contributed by atoms with van der Waals surface area (Å²) in [6.07, 6.45) is 1.20. The largest absolute Gasteiger partial charge is 0.347 e. The fourth-order valence-electron chi connectivity index (χ4n) is 1.72. The van der Waals surface area contributed by atoms with Gasteiger partial charge in [-0.15, -0.1) is 0 Å². The lowest BCUT2D eigenvalue weighted by atomic mass is 10.1. The maximum atomic E-state index is 12.3. The van der Waals surface area contributed by atoms with E-state index in [1.807, 2.05) is 19.1 Å². The Bertz CT molecular complexity index is 869. The van der Waals surface area contributed by atoms with Gasteiger partial charge >= 0.3 is 9.24 Å². The molecular formula is C11H11ClN2O3S2. The van der Waals surface area contributed by atoms with Crippen molar-refractivity contribution in [3.63, 3.8) is 0 Å². The molecule has 0 bridgehead atoms. The fraction of sp³-hybridized carbons (Fsp3) is 0.182. The van der Waals surface area contributed by atoms with E-state index in [4.69, 9.17) is 10.7 Å². The number of para-hydroxylation sites is 1. The monoisotopic (exact) mass is 318 g/mol. The van der Waals surface area contributed by atoms with Crippen LogP contribution in [0.2, 0.25) is 0 Å². The average molecular weight is 319 g/mol. The molecule has 0 aliphatic carbocycles. The molecule has 0 unspecified atom stereocenters. The Morgan fingerprint density at radius 3 is 2.47 bits per heavy atom. The molecule has 0 N–H and O–H groups in total. The summed E-state index contributed by atoms with van der Waals surface area (Å²) in [6, 6.07) is 8.88. The van der Waals surface area contributed by atoms with Crippen molar-refractivity contribution in [2.24, 2.45) is 3.77 Å². The summed E-state index contributed by atoms with van der Waals surface area (Å²) >= 11 is 0. The highest BCUT2D eigenvalue weighted by atomic mass is 35.7. The fourth-order valence-corrected chi connectivity index (χ4v) is 5.02. The SMILES string of the molecule is Cc1cc([S@@](C)(=O)=NS(=O)(=O)Cl)nc2ccccc12. The third-order valence-electron chi connectivity index (χ3n) is 2.52. The number of halogens is 1. The van der Waals surface area contributed by atoms with Crippen LogP contribution in [0, 0.1) is 6.92 Å². The normalized spacial score (nSPS) is 15.1. The second-order valence-electron chi connectivity index (χ2n) is 4.08. The molecule has 0 aliphatic rings. The second-order valence-corrected chi connectivity index (χ2v) is 8.70. The van der Waals surface area contributed by atoms with Crippen LogP contribution in [0.5, 0.6) is 0 Å². The Morgan fingerprint density at radius 2 is 1.84 bits per heavy atom. The minimum absolute atomic E-state index is 0.105. The highest BCUT2D eigenvalue weighted by Gasteiger charge is 2.15. The van der Waals surface area contributed by atoms with Crippen LogP contribution in [0.1, 0.15) is 5.56 Å². The van der Waals surface area contributed by atoms with Crippen LogP contribution in [0.3, 0.4) is 0 Å². The van der Waals surface area contributed by atoms with Crippen LogP contribution in [-0.2, 0) is 19.0 Å². The Kier molecular flexibility index (Phi) is 3.55. The van der Waals surface area contributed by atoms with Crippen molar-refractivity contribution in [3.8, 4) is 0 Å². The number of aryl methyl sites for hydroxylation is 1. The lowest BCUT2D eigenvalue weighted by Gasteiger charge is -2.07. The quantitative estimate of drug-likeness (QED) is 0.797. The maximum Gasteiger partial charge on any atom is 0.347 e. The van der Waals surface area contributed by atoms with Crippen LogP contribution in [0.15, 0.2) is 39.1 Å². The van der Waals surface area contributed by atoms with Crippen molar-refractivity contribution in [2.45, 2.75) is 11.9 Å². The van der Waals surface area contributed by atoms with Crippen molar-refractivity contribution >= 4 is 40.6 Å². The second kappa shape index (κ2) is 4.73. The maximum absolute atomic E-state index is 12.3. The zero-order valence-corrected chi connectivity index (χ0v) is 12.6. The highest BCUT2D eigenvalue weighted by Crippen LogP contribution is 2.21. The first-order valence-corrected chi connectivity index (χ1v) is 9.42. The van der Waals surface area contributed by atoms with Crippen molar-refractivity contribution in [2.75, 3.05) is 6.26 Å². The van der Waals surface area contributed by atoms with Crippen LogP contribution in [0.4, 0.5) is 0 Å². The molecule has 8 heteroatoms. The van der Waals surface area contributed by atoms with Gasteiger partial charge in [-0.3, -0.25) is 0 Å². The number of benzene rings is 1. The number of hydrogen-bond donors (Lipinski definition) is 0. The van der Waals surface area contributed by atoms with Gasteiger partial charge < -0.3 is 0 Å². The summed E-state index contributed by atoms with van der Waals surface area (Å²) in [5, 5.41) is 1.02. The third-order valence-corrected chi connectivity index (χ3v) is 5.86. The van der Waals surface area contributed by atoms with Gasteiger partial charge in [-0.25, -0.2) is 9.19 Å². The predicted octanol–water partition coefficient (Wildman–Crippen LogP) is 2.48. The highest BCUT2D eigenvalue weighted by molar-refractivity contribution is 8.17. The first kappa shape index (κ1) is 14.2. The van der Waals surface area contributed by atoms with E-state index in [0.29, 0.717) is 5.52 Å². The van der Waals surface area contributed by atoms with Crippen LogP contribution in [0.25, 0.3) is 10.9 Å². The minimum atomic E-state index is -4.21. The smallest absolute Gasteiger partial charge is 0.242 e. The summed E-state index contributed by atoms with van der Waals surface area (Å²) in [5.41, 5.74) is 1.48. The van der Waals surface area contributed by atoms with Gasteiger partial charge in [0.2, 0.25) is 0 Å². The van der Waals surface area contributed by atoms with Crippen molar-refractivity contribution in [3.05, 3.63) is 35.9 Å². The van der Waals surface area contributed by atoms with Gasteiger partial charge in [-0.2, -0.15) is 8.42 Å². The van der Waals surface area contributed by atoms with Crippen LogP contribution < -0.4 is 0 Å². The first-order valence-electron chi connectivity index (χ1n) is 5.23. The van der Waals surface area contributed by atoms with Gasteiger partial charge in [-0.05, 0) is 24.6 Å². The Morgan fingerprint density at radius 1 is 1.21 bits per heavy atom. The minimum Gasteiger partial charge on any atom is -0.242 e. The number of aromatic nitrogens is 1. The van der Waals surface area contributed by atoms with E-state index in [0.717, 1.165) is 10.9 Å². The third kappa shape index (κ3) is 3.23. The molecule has 102 valence electrons. The molecule has 1 atom stereocenters. The molecule has 0 spiro atoms. The van der Waals surface area contributed by atoms with E-state index in [2.05, 4.69) is 8.75 Å². The van der Waals surface area contributed by atoms with Gasteiger partial charge in [0.1, 0.15) is 14.8 Å². The summed E-state index contributed by atoms with van der Waals surface area (Å²) in [7, 11) is -2.38. The predicted molar refractivity (Wildman–Crippen MR) is 76.0 cm³/mol. The molecule has 0 saturated carbocycles. The average Bonchev–Trinajstić information content (AvgIpc) is 2.26. The number of nitrogens with zero attached hydrogens (tertiary/aromatic N) is 2. The summed E-state index contributed by atoms with van der Waals surface area (Å²) in [4.78, 5) is 4.20. The molecule has 2 aromatic rings. The zero-order chi connectivity index (χ0) is 14.3. The molecule has 0 radical (unpaired) electrons. The van der Waals surface area contributed by atoms with Crippen molar-refractivity contribution < 1.29 is 12.6 Å². The van der Waals surface area contributed by atoms with Gasteiger partial charge in [-0.1, -0.05) is 22.0 Å². The van der Waals surface area contributed by atoms with Crippen molar-refractivity contribution in [1.82, 2.24) is 4.98 Å². The molecule has 1 heterocycles. The first-order chi connectivity index (χ1) is 8.69. The molecule has 0 aliphatic heterocycles. The lowest BCUT2D eigenvalue weighted by molar-refractivity contribution is 0.611. The Balaban J connectivity index is 2.79. The van der Waals surface area contributed by atoms with E-state index in [1.165, 1.54) is 6.26 Å². The molecule has 0 fully saturated rings. The molecular weight excluding hydrogens is 308 g/mol. The van der Waals surface area contributed by atoms with E-state index >= 15 is 0 Å². The van der Waals surface area contributed by atoms with E-state index in [1.54, 1.807) is 18.2 Å². The summed E-state index contributed by atoms with van der Waals surface area (Å²) in [5.74, 6) is 0. The Labute approximate surface area is 116 Å². The topological polar surface area (TPSA) is 76.5 Å². The molecule has 1 aromatic carbocycles. The summed E-state index contributed by atoms with van der Waals surface area (Å²) < 4.78 is 37.4. The standard InChI is InChI=1S/C11H11ClN2O3S2/c1-8-7-11(18(2,15)14-19(12,16)17)13-10-6-4-3-5-9(8)10/h3-7H,1-2H3/t18-/m1/s1. The van der Waals surface area contributed by atoms with E-state index in [-0.39, 0.29) is 5.03 Å². The molecule has 2 rings (SSSR count). The van der Waals surface area contributed by atoms with Gasteiger partial charge in [0.05, 0.1) is 5.52 Å².